The molecule has 0 unspecified atom stereocenters. The van der Waals surface area contributed by atoms with Crippen molar-refractivity contribution in [3.8, 4) is 0 Å². The summed E-state index contributed by atoms with van der Waals surface area (Å²) < 4.78 is 11.5. The third kappa shape index (κ3) is 13.1. The van der Waals surface area contributed by atoms with E-state index in [0.717, 1.165) is 0 Å². The van der Waals surface area contributed by atoms with Gasteiger partial charge in [-0.3, -0.25) is 47.9 Å². The first kappa shape index (κ1) is 59.3. The van der Waals surface area contributed by atoms with E-state index in [1.54, 1.807) is 42.3 Å². The quantitative estimate of drug-likeness (QED) is 0.0988. The molecule has 0 aliphatic carbocycles. The van der Waals surface area contributed by atoms with Gasteiger partial charge < -0.3 is 101 Å². The Morgan fingerprint density at radius 1 is 0.326 bits per heavy atom. The van der Waals surface area contributed by atoms with Crippen molar-refractivity contribution < 1.29 is 47.9 Å². The van der Waals surface area contributed by atoms with Crippen molar-refractivity contribution in [2.24, 2.45) is 67.8 Å². The minimum absolute atomic E-state index is 0.000393. The van der Waals surface area contributed by atoms with E-state index in [4.69, 9.17) is 11.5 Å². The first-order chi connectivity index (χ1) is 40.8. The van der Waals surface area contributed by atoms with Gasteiger partial charge in [0, 0.05) is 119 Å². The van der Waals surface area contributed by atoms with Gasteiger partial charge in [0.1, 0.15) is 28.5 Å². The number of rotatable bonds is 0. The zero-order valence-electron chi connectivity index (χ0n) is 47.6. The lowest BCUT2D eigenvalue weighted by molar-refractivity contribution is -0.118. The molecule has 1 aliphatic rings. The van der Waals surface area contributed by atoms with Gasteiger partial charge in [0.2, 0.25) is 29.3 Å². The predicted octanol–water partition coefficient (Wildman–Crippen LogP) is 0.579. The van der Waals surface area contributed by atoms with Crippen LogP contribution in [-0.2, 0) is 66.0 Å². The summed E-state index contributed by atoms with van der Waals surface area (Å²) in [7, 11) is 12.6. The Morgan fingerprint density at radius 3 is 0.860 bits per heavy atom. The largest absolute Gasteiger partial charge is 0.351 e. The molecule has 2 atom stereocenters. The number of hydrogen-bond acceptors (Lipinski definition) is 15. The summed E-state index contributed by atoms with van der Waals surface area (Å²) in [6.07, 6.45) is 11.8. The van der Waals surface area contributed by atoms with Crippen molar-refractivity contribution >= 4 is 105 Å². The Kier molecular flexibility index (Phi) is 16.7. The summed E-state index contributed by atoms with van der Waals surface area (Å²) in [6, 6.07) is 4.95. The number of carbonyl (C=O) groups is 10. The summed E-state index contributed by atoms with van der Waals surface area (Å²) in [5.74, 6) is -6.37. The highest BCUT2D eigenvalue weighted by molar-refractivity contribution is 6.10. The number of aryl methyl sites for hydroxylation is 8. The minimum Gasteiger partial charge on any atom is -0.351 e. The first-order valence-corrected chi connectivity index (χ1v) is 26.3. The molecule has 1 aliphatic heterocycles. The molecular weight excluding hydrogens is 1120 g/mol. The van der Waals surface area contributed by atoms with Gasteiger partial charge in [-0.15, -0.1) is 0 Å². The van der Waals surface area contributed by atoms with Gasteiger partial charge in [0.25, 0.3) is 47.3 Å². The molecule has 86 heavy (non-hydrogen) atoms. The molecule has 33 heteroatoms. The number of nitrogens with zero attached hydrogens (tertiary/aromatic N) is 11. The number of fused-ring (bicyclic) bond motifs is 16. The van der Waals surface area contributed by atoms with Crippen LogP contribution in [0, 0.1) is 0 Å². The highest BCUT2D eigenvalue weighted by Crippen LogP contribution is 2.23. The van der Waals surface area contributed by atoms with Crippen molar-refractivity contribution in [2.45, 2.75) is 24.9 Å². The maximum Gasteiger partial charge on any atom is 0.291 e. The van der Waals surface area contributed by atoms with E-state index in [0.29, 0.717) is 0 Å². The van der Waals surface area contributed by atoms with E-state index in [1.165, 1.54) is 131 Å². The average molecular weight is 1180 g/mol. The van der Waals surface area contributed by atoms with Gasteiger partial charge in [0.05, 0.1) is 40.5 Å². The van der Waals surface area contributed by atoms with Crippen molar-refractivity contribution in [1.82, 2.24) is 62.1 Å². The van der Waals surface area contributed by atoms with Gasteiger partial charge in [-0.05, 0) is 43.2 Å². The lowest BCUT2D eigenvalue weighted by Gasteiger charge is -2.11. The summed E-state index contributed by atoms with van der Waals surface area (Å²) in [5, 5.41) is 26.8. The molecule has 16 bridgehead atoms. The number of nitrogens with one attached hydrogen (secondary N) is 10. The molecule has 448 valence electrons. The Labute approximate surface area is 487 Å². The number of carbonyl (C=O) groups excluding carboxylic acids is 10. The Hall–Kier alpha value is -11.4. The van der Waals surface area contributed by atoms with Crippen LogP contribution in [0.4, 0.5) is 45.9 Å². The number of anilines is 8. The second kappa shape index (κ2) is 24.2. The monoisotopic (exact) mass is 1180 g/mol. The molecule has 8 aromatic heterocycles. The first-order valence-electron chi connectivity index (χ1n) is 26.3. The normalized spacial score (nSPS) is 16.8. The zero-order valence-corrected chi connectivity index (χ0v) is 47.6. The van der Waals surface area contributed by atoms with E-state index in [9.17, 15) is 47.9 Å². The van der Waals surface area contributed by atoms with E-state index in [2.05, 4.69) is 68.1 Å². The van der Waals surface area contributed by atoms with Crippen LogP contribution < -0.4 is 64.6 Å². The topological polar surface area (TPSA) is 421 Å². The third-order valence-electron chi connectivity index (χ3n) is 13.6. The van der Waals surface area contributed by atoms with Crippen molar-refractivity contribution in [2.75, 3.05) is 55.6 Å². The Morgan fingerprint density at radius 2 is 0.570 bits per heavy atom. The number of nitrogens with two attached hydrogens (primary N) is 2. The predicted molar refractivity (Wildman–Crippen MR) is 312 cm³/mol. The summed E-state index contributed by atoms with van der Waals surface area (Å²) in [5.41, 5.74) is 14.3. The van der Waals surface area contributed by atoms with Crippen LogP contribution in [0.5, 0.6) is 0 Å². The Balaban J connectivity index is 0.887. The third-order valence-corrected chi connectivity index (χ3v) is 13.6. The molecule has 0 aromatic carbocycles. The zero-order chi connectivity index (χ0) is 62.0. The van der Waals surface area contributed by atoms with Gasteiger partial charge in [-0.2, -0.15) is 0 Å². The standard InChI is InChI=1S/C53H61N23O10/c1-69-18-26-13-33(69)46(79)56-11-9-31(54)44(77)67-39-24-75(7)42(64-39)52(85)62-30-17-37(73(5)22-30)50(83)68-40-25-76(8)43(65-40)53(86)60-28-14-34(70(2)20-28)47(80)57-12-10-32(55)45(78)66-38-23-74(6)41(63-38)51(84)61-29-16-36(72(4)21-29)49(82)59-27-15-35(48(81)58-26)71(3)19-27/h13-25,31-32H,9-12,54-55H2,1-8H3,(H,56,79)(H,57,80)(H,58,81)(H,59,82)(H,60,86)(H,61,84)(H,62,85)(H,66,78)(H,67,77)(H,68,83)/t31-,32-/m1/s1. The van der Waals surface area contributed by atoms with E-state index in [1.807, 2.05) is 0 Å². The summed E-state index contributed by atoms with van der Waals surface area (Å²) in [6.45, 7) is -0.0491. The van der Waals surface area contributed by atoms with Crippen LogP contribution in [0.15, 0.2) is 79.9 Å². The second-order valence-electron chi connectivity index (χ2n) is 20.3. The molecular formula is C53H61N23O10. The molecule has 0 saturated heterocycles. The molecule has 0 saturated carbocycles. The molecule has 9 heterocycles. The smallest absolute Gasteiger partial charge is 0.291 e. The second-order valence-corrected chi connectivity index (χ2v) is 20.3. The lowest BCUT2D eigenvalue weighted by atomic mass is 10.2. The van der Waals surface area contributed by atoms with Gasteiger partial charge in [-0.1, -0.05) is 0 Å². The minimum atomic E-state index is -1.12. The SMILES string of the molecule is Cn1cc2cc1C(=O)NCC[C@@H](N)C(=O)Nc1cn(C)c(n1)C(=O)Nc1cc(n(C)c1)C(=O)Nc1cn(C)c(n1)C(=O)Nc1cc(n(C)c1)C(=O)NCC[C@@H](N)C(=O)Nc1cn(C)c(n1)C(=O)Nc1cc(n(C)c1)C(=O)Nc1cc(n(C)c1)C(=O)N2. The van der Waals surface area contributed by atoms with Crippen molar-refractivity contribution in [3.63, 3.8) is 0 Å². The van der Waals surface area contributed by atoms with E-state index in [-0.39, 0.29) is 118 Å². The summed E-state index contributed by atoms with van der Waals surface area (Å²) in [4.78, 5) is 146. The maximum absolute atomic E-state index is 13.5. The number of amides is 10. The van der Waals surface area contributed by atoms with Crippen LogP contribution in [-0.4, -0.2) is 136 Å². The van der Waals surface area contributed by atoms with Gasteiger partial charge >= 0.3 is 0 Å². The van der Waals surface area contributed by atoms with Crippen molar-refractivity contribution in [3.05, 3.63) is 126 Å². The molecule has 0 spiro atoms. The molecule has 14 N–H and O–H groups in total. The maximum atomic E-state index is 13.5. The molecule has 10 amide bonds. The number of imidazole rings is 3. The summed E-state index contributed by atoms with van der Waals surface area (Å²) >= 11 is 0. The molecule has 8 aromatic rings. The Bertz CT molecular complexity index is 3800. The van der Waals surface area contributed by atoms with Crippen LogP contribution in [0.1, 0.15) is 97.1 Å². The van der Waals surface area contributed by atoms with Crippen LogP contribution >= 0.6 is 0 Å². The van der Waals surface area contributed by atoms with E-state index < -0.39 is 71.2 Å². The lowest BCUT2D eigenvalue weighted by Crippen LogP contribution is -2.39. The fraction of sp³-hybridized carbons (Fsp3) is 0.264. The van der Waals surface area contributed by atoms with Gasteiger partial charge in [-0.25, -0.2) is 15.0 Å². The van der Waals surface area contributed by atoms with Crippen LogP contribution in [0.3, 0.4) is 0 Å². The molecule has 33 nitrogen and oxygen atoms in total. The molecule has 0 fully saturated rings. The molecule has 0 radical (unpaired) electrons. The fourth-order valence-corrected chi connectivity index (χ4v) is 9.20. The van der Waals surface area contributed by atoms with Crippen molar-refractivity contribution in [1.29, 1.82) is 0 Å². The van der Waals surface area contributed by atoms with Gasteiger partial charge in [0.15, 0.2) is 17.5 Å². The van der Waals surface area contributed by atoms with E-state index >= 15 is 0 Å². The fourth-order valence-electron chi connectivity index (χ4n) is 9.20. The highest BCUT2D eigenvalue weighted by Gasteiger charge is 2.26. The van der Waals surface area contributed by atoms with Crippen LogP contribution in [0.25, 0.3) is 0 Å². The average Bonchev–Trinajstić information content (AvgIpc) is 3.40. The number of hydrogen-bond donors (Lipinski definition) is 12. The number of aromatic nitrogens is 11. The highest BCUT2D eigenvalue weighted by atomic mass is 16.2. The van der Waals surface area contributed by atoms with Crippen LogP contribution in [0.2, 0.25) is 0 Å². The molecule has 9 rings (SSSR count).